The lowest BCUT2D eigenvalue weighted by Gasteiger charge is -2.12. The van der Waals surface area contributed by atoms with E-state index in [1.165, 1.54) is 0 Å². The molecule has 0 radical (unpaired) electrons. The molecule has 3 heterocycles. The predicted octanol–water partition coefficient (Wildman–Crippen LogP) is 5.21. The molecule has 2 aromatic heterocycles. The Morgan fingerprint density at radius 2 is 1.93 bits per heavy atom. The Kier molecular flexibility index (Phi) is 4.71. The molecular weight excluding hydrogens is 374 g/mol. The fraction of sp³-hybridized carbons (Fsp3) is 0.318. The highest BCUT2D eigenvalue weighted by molar-refractivity contribution is 6.30. The highest BCUT2D eigenvalue weighted by atomic mass is 35.5. The van der Waals surface area contributed by atoms with Crippen LogP contribution in [0.5, 0.6) is 0 Å². The molecular formula is C22H22ClN3O2. The average Bonchev–Trinajstić information content (AvgIpc) is 3.15. The number of carbonyl (C=O) groups is 1. The Balaban J connectivity index is 2.01. The van der Waals surface area contributed by atoms with Crippen molar-refractivity contribution < 1.29 is 9.32 Å². The lowest BCUT2D eigenvalue weighted by atomic mass is 9.95. The molecule has 28 heavy (non-hydrogen) atoms. The molecule has 4 rings (SSSR count). The van der Waals surface area contributed by atoms with Gasteiger partial charge in [0.05, 0.1) is 17.0 Å². The van der Waals surface area contributed by atoms with Gasteiger partial charge >= 0.3 is 0 Å². The van der Waals surface area contributed by atoms with Crippen molar-refractivity contribution in [1.29, 1.82) is 0 Å². The third kappa shape index (κ3) is 3.00. The van der Waals surface area contributed by atoms with Gasteiger partial charge in [0.2, 0.25) is 0 Å². The Hall–Kier alpha value is -2.66. The van der Waals surface area contributed by atoms with Crippen molar-refractivity contribution in [3.8, 4) is 11.1 Å². The molecule has 1 aliphatic heterocycles. The average molecular weight is 396 g/mol. The van der Waals surface area contributed by atoms with Crippen LogP contribution in [0.25, 0.3) is 11.1 Å². The standard InChI is InChI=1S/C22H22ClN3O2/c1-5-16(27)10-18-22-19(12(2)25-28-22)17-11-26(4)13(3)20(17)21(24-18)14-6-8-15(23)9-7-14/h6-9,11,18H,5,10H2,1-4H3/t18-/m0/s1. The number of ketones is 1. The van der Waals surface area contributed by atoms with Gasteiger partial charge in [-0.3, -0.25) is 9.79 Å². The number of aromatic nitrogens is 2. The highest BCUT2D eigenvalue weighted by Crippen LogP contribution is 2.42. The number of benzene rings is 1. The summed E-state index contributed by atoms with van der Waals surface area (Å²) >= 11 is 6.10. The van der Waals surface area contributed by atoms with E-state index in [0.29, 0.717) is 23.6 Å². The minimum Gasteiger partial charge on any atom is -0.358 e. The zero-order chi connectivity index (χ0) is 20.0. The Morgan fingerprint density at radius 1 is 1.21 bits per heavy atom. The van der Waals surface area contributed by atoms with Crippen LogP contribution in [0.1, 0.15) is 54.1 Å². The van der Waals surface area contributed by atoms with E-state index in [-0.39, 0.29) is 5.78 Å². The first-order valence-corrected chi connectivity index (χ1v) is 9.76. The van der Waals surface area contributed by atoms with Gasteiger partial charge in [0, 0.05) is 53.5 Å². The van der Waals surface area contributed by atoms with E-state index in [1.54, 1.807) is 0 Å². The minimum absolute atomic E-state index is 0.146. The van der Waals surface area contributed by atoms with Gasteiger partial charge in [-0.05, 0) is 26.0 Å². The molecule has 0 aliphatic carbocycles. The summed E-state index contributed by atoms with van der Waals surface area (Å²) in [6, 6.07) is 7.26. The molecule has 3 aromatic rings. The Labute approximate surface area is 169 Å². The maximum atomic E-state index is 12.3. The van der Waals surface area contributed by atoms with Crippen LogP contribution in [0.4, 0.5) is 0 Å². The third-order valence-electron chi connectivity index (χ3n) is 5.40. The zero-order valence-corrected chi connectivity index (χ0v) is 17.2. The van der Waals surface area contributed by atoms with Crippen molar-refractivity contribution in [2.24, 2.45) is 12.0 Å². The SMILES string of the molecule is CCC(=O)C[C@@H]1N=C(c2ccc(Cl)cc2)c2c(cn(C)c2C)-c2c(C)noc21. The molecule has 5 nitrogen and oxygen atoms in total. The van der Waals surface area contributed by atoms with Crippen LogP contribution in [-0.2, 0) is 11.8 Å². The zero-order valence-electron chi connectivity index (χ0n) is 16.4. The Morgan fingerprint density at radius 3 is 2.61 bits per heavy atom. The van der Waals surface area contributed by atoms with Crippen molar-refractivity contribution in [2.45, 2.75) is 39.7 Å². The van der Waals surface area contributed by atoms with Crippen LogP contribution >= 0.6 is 11.6 Å². The number of hydrogen-bond acceptors (Lipinski definition) is 4. The molecule has 6 heteroatoms. The van der Waals surface area contributed by atoms with Gasteiger partial charge in [0.25, 0.3) is 0 Å². The molecule has 0 saturated heterocycles. The summed E-state index contributed by atoms with van der Waals surface area (Å²) in [4.78, 5) is 17.3. The molecule has 0 bridgehead atoms. The minimum atomic E-state index is -0.397. The van der Waals surface area contributed by atoms with E-state index in [0.717, 1.165) is 39.4 Å². The normalized spacial score (nSPS) is 15.6. The quantitative estimate of drug-likeness (QED) is 0.609. The summed E-state index contributed by atoms with van der Waals surface area (Å²) in [5.74, 6) is 0.809. The molecule has 1 aliphatic rings. The Bertz CT molecular complexity index is 1090. The summed E-state index contributed by atoms with van der Waals surface area (Å²) in [6.45, 7) is 5.87. The van der Waals surface area contributed by atoms with Crippen LogP contribution in [0, 0.1) is 13.8 Å². The molecule has 0 fully saturated rings. The number of nitrogens with zero attached hydrogens (tertiary/aromatic N) is 3. The molecule has 0 spiro atoms. The number of rotatable bonds is 4. The number of aliphatic imine (C=N–C) groups is 1. The summed E-state index contributed by atoms with van der Waals surface area (Å²) in [5, 5.41) is 4.86. The monoisotopic (exact) mass is 395 g/mol. The van der Waals surface area contributed by atoms with Crippen molar-refractivity contribution in [2.75, 3.05) is 0 Å². The first-order valence-electron chi connectivity index (χ1n) is 9.39. The maximum Gasteiger partial charge on any atom is 0.169 e. The van der Waals surface area contributed by atoms with Crippen LogP contribution < -0.4 is 0 Å². The second-order valence-electron chi connectivity index (χ2n) is 7.22. The number of aryl methyl sites for hydroxylation is 2. The van der Waals surface area contributed by atoms with Gasteiger partial charge in [-0.1, -0.05) is 35.8 Å². The summed E-state index contributed by atoms with van der Waals surface area (Å²) in [6.07, 6.45) is 2.85. The van der Waals surface area contributed by atoms with Gasteiger partial charge in [0.15, 0.2) is 5.76 Å². The van der Waals surface area contributed by atoms with E-state index in [2.05, 4.69) is 22.8 Å². The number of hydrogen-bond donors (Lipinski definition) is 0. The fourth-order valence-electron chi connectivity index (χ4n) is 3.76. The predicted molar refractivity (Wildman–Crippen MR) is 110 cm³/mol. The molecule has 144 valence electrons. The van der Waals surface area contributed by atoms with Gasteiger partial charge in [-0.2, -0.15) is 0 Å². The van der Waals surface area contributed by atoms with Gasteiger partial charge in [-0.25, -0.2) is 0 Å². The summed E-state index contributed by atoms with van der Waals surface area (Å²) in [5.41, 5.74) is 6.74. The van der Waals surface area contributed by atoms with Crippen LogP contribution in [-0.4, -0.2) is 21.2 Å². The molecule has 0 N–H and O–H groups in total. The van der Waals surface area contributed by atoms with Crippen molar-refractivity contribution in [3.63, 3.8) is 0 Å². The van der Waals surface area contributed by atoms with Gasteiger partial charge < -0.3 is 9.09 Å². The van der Waals surface area contributed by atoms with Gasteiger partial charge in [-0.15, -0.1) is 0 Å². The molecule has 1 atom stereocenters. The van der Waals surface area contributed by atoms with Crippen LogP contribution in [0.2, 0.25) is 5.02 Å². The van der Waals surface area contributed by atoms with Crippen LogP contribution in [0.15, 0.2) is 40.0 Å². The largest absolute Gasteiger partial charge is 0.358 e. The van der Waals surface area contributed by atoms with Crippen molar-refractivity contribution in [1.82, 2.24) is 9.72 Å². The molecule has 0 unspecified atom stereocenters. The third-order valence-corrected chi connectivity index (χ3v) is 5.65. The van der Waals surface area contributed by atoms with E-state index >= 15 is 0 Å². The first kappa shape index (κ1) is 18.7. The van der Waals surface area contributed by atoms with E-state index in [1.807, 2.05) is 45.2 Å². The lowest BCUT2D eigenvalue weighted by molar-refractivity contribution is -0.119. The number of fused-ring (bicyclic) bond motifs is 3. The van der Waals surface area contributed by atoms with Crippen molar-refractivity contribution >= 4 is 23.1 Å². The number of carbonyl (C=O) groups excluding carboxylic acids is 1. The summed E-state index contributed by atoms with van der Waals surface area (Å²) in [7, 11) is 2.02. The van der Waals surface area contributed by atoms with E-state index < -0.39 is 6.04 Å². The second-order valence-corrected chi connectivity index (χ2v) is 7.65. The molecule has 0 amide bonds. The number of halogens is 1. The number of Topliss-reactive ketones (excluding diaryl/α,β-unsaturated/α-hetero) is 1. The molecule has 1 aromatic carbocycles. The highest BCUT2D eigenvalue weighted by Gasteiger charge is 2.33. The second kappa shape index (κ2) is 7.06. The first-order chi connectivity index (χ1) is 13.4. The smallest absolute Gasteiger partial charge is 0.169 e. The topological polar surface area (TPSA) is 60.4 Å². The van der Waals surface area contributed by atoms with Crippen LogP contribution in [0.3, 0.4) is 0 Å². The fourth-order valence-corrected chi connectivity index (χ4v) is 3.89. The summed E-state index contributed by atoms with van der Waals surface area (Å²) < 4.78 is 7.78. The lowest BCUT2D eigenvalue weighted by Crippen LogP contribution is -2.09. The maximum absolute atomic E-state index is 12.3. The molecule has 0 saturated carbocycles. The van der Waals surface area contributed by atoms with Crippen molar-refractivity contribution in [3.05, 3.63) is 63.8 Å². The van der Waals surface area contributed by atoms with E-state index in [4.69, 9.17) is 21.1 Å². The van der Waals surface area contributed by atoms with Gasteiger partial charge in [0.1, 0.15) is 11.8 Å². The van der Waals surface area contributed by atoms with E-state index in [9.17, 15) is 4.79 Å².